The summed E-state index contributed by atoms with van der Waals surface area (Å²) in [6.45, 7) is 1.40. The number of aromatic hydroxyl groups is 1. The van der Waals surface area contributed by atoms with E-state index in [1.54, 1.807) is 36.5 Å². The van der Waals surface area contributed by atoms with Gasteiger partial charge in [-0.15, -0.1) is 0 Å². The van der Waals surface area contributed by atoms with Gasteiger partial charge in [-0.25, -0.2) is 14.4 Å². The lowest BCUT2D eigenvalue weighted by Gasteiger charge is -2.34. The van der Waals surface area contributed by atoms with E-state index in [9.17, 15) is 24.6 Å². The van der Waals surface area contributed by atoms with Crippen LogP contribution in [0, 0.1) is 5.92 Å². The first-order valence-corrected chi connectivity index (χ1v) is 10.6. The summed E-state index contributed by atoms with van der Waals surface area (Å²) in [4.78, 5) is 39.1. The molecule has 2 aromatic carbocycles. The maximum Gasteiger partial charge on any atom is 0.353 e. The Hall–Kier alpha value is -4.72. The summed E-state index contributed by atoms with van der Waals surface area (Å²) >= 11 is 0. The van der Waals surface area contributed by atoms with Gasteiger partial charge in [0.25, 0.3) is 0 Å². The van der Waals surface area contributed by atoms with Crippen LogP contribution in [0.1, 0.15) is 17.3 Å². The van der Waals surface area contributed by atoms with Crippen LogP contribution in [0.15, 0.2) is 103 Å². The molecule has 1 heterocycles. The number of carbonyl (C=O) groups is 3. The van der Waals surface area contributed by atoms with E-state index in [1.807, 2.05) is 30.3 Å². The Kier molecular flexibility index (Phi) is 7.78. The molecule has 35 heavy (non-hydrogen) atoms. The minimum atomic E-state index is -2.05. The first kappa shape index (κ1) is 24.9. The summed E-state index contributed by atoms with van der Waals surface area (Å²) in [5, 5.41) is 28.1. The molecular formula is C27H23NO7. The van der Waals surface area contributed by atoms with Crippen molar-refractivity contribution in [2.75, 3.05) is 0 Å². The first-order valence-electron chi connectivity index (χ1n) is 10.6. The highest BCUT2D eigenvalue weighted by Gasteiger charge is 2.49. The summed E-state index contributed by atoms with van der Waals surface area (Å²) in [6, 6.07) is 20.9. The molecule has 0 saturated carbocycles. The van der Waals surface area contributed by atoms with Crippen molar-refractivity contribution in [1.29, 1.82) is 0 Å². The molecule has 8 heteroatoms. The molecular weight excluding hydrogens is 450 g/mol. The molecule has 0 aliphatic heterocycles. The van der Waals surface area contributed by atoms with E-state index in [2.05, 4.69) is 4.98 Å². The molecule has 3 N–H and O–H groups in total. The minimum Gasteiger partial charge on any atom is -0.506 e. The topological polar surface area (TPSA) is 134 Å². The van der Waals surface area contributed by atoms with Gasteiger partial charge in [-0.1, -0.05) is 67.6 Å². The molecule has 0 spiro atoms. The smallest absolute Gasteiger partial charge is 0.353 e. The summed E-state index contributed by atoms with van der Waals surface area (Å²) in [7, 11) is 0. The number of hydrogen-bond acceptors (Lipinski definition) is 6. The molecule has 8 nitrogen and oxygen atoms in total. The van der Waals surface area contributed by atoms with Crippen molar-refractivity contribution in [1.82, 2.24) is 4.98 Å². The summed E-state index contributed by atoms with van der Waals surface area (Å²) < 4.78 is 5.19. The van der Waals surface area contributed by atoms with E-state index < -0.39 is 29.4 Å². The summed E-state index contributed by atoms with van der Waals surface area (Å²) in [5.74, 6) is -4.31. The number of aromatic nitrogens is 1. The highest BCUT2D eigenvalue weighted by atomic mass is 16.6. The van der Waals surface area contributed by atoms with Crippen LogP contribution in [0.25, 0.3) is 11.3 Å². The largest absolute Gasteiger partial charge is 0.506 e. The fraction of sp³-hybridized carbons (Fsp3) is 0.111. The van der Waals surface area contributed by atoms with Gasteiger partial charge < -0.3 is 20.1 Å². The van der Waals surface area contributed by atoms with Crippen LogP contribution < -0.4 is 0 Å². The second-order valence-electron chi connectivity index (χ2n) is 7.60. The number of rotatable bonds is 5. The van der Waals surface area contributed by atoms with Crippen molar-refractivity contribution in [2.24, 2.45) is 5.92 Å². The lowest BCUT2D eigenvalue weighted by atomic mass is 9.79. The average molecular weight is 473 g/mol. The number of nitrogens with zero attached hydrogens (tertiary/aromatic N) is 1. The molecule has 0 radical (unpaired) electrons. The van der Waals surface area contributed by atoms with E-state index in [-0.39, 0.29) is 16.9 Å². The molecule has 4 rings (SSSR count). The van der Waals surface area contributed by atoms with Gasteiger partial charge in [-0.05, 0) is 30.3 Å². The SMILES string of the molecule is CC1C(C(=O)O)=CC=CC1(OC(=O)c1ccccc1)C(=O)O.Oc1cccnc1-c1ccccc1. The highest BCUT2D eigenvalue weighted by Crippen LogP contribution is 2.34. The highest BCUT2D eigenvalue weighted by molar-refractivity contribution is 5.96. The van der Waals surface area contributed by atoms with Crippen molar-refractivity contribution in [3.8, 4) is 17.0 Å². The Labute approximate surface area is 201 Å². The predicted molar refractivity (Wildman–Crippen MR) is 128 cm³/mol. The Bertz CT molecular complexity index is 1270. The number of pyridine rings is 1. The van der Waals surface area contributed by atoms with Gasteiger partial charge in [-0.2, -0.15) is 0 Å². The van der Waals surface area contributed by atoms with E-state index in [0.717, 1.165) is 5.56 Å². The van der Waals surface area contributed by atoms with E-state index in [0.29, 0.717) is 5.69 Å². The first-order chi connectivity index (χ1) is 16.8. The third-order valence-corrected chi connectivity index (χ3v) is 5.42. The fourth-order valence-corrected chi connectivity index (χ4v) is 3.50. The third-order valence-electron chi connectivity index (χ3n) is 5.42. The van der Waals surface area contributed by atoms with Crippen LogP contribution in [0.4, 0.5) is 0 Å². The maximum atomic E-state index is 12.2. The maximum absolute atomic E-state index is 12.2. The molecule has 1 aromatic heterocycles. The average Bonchev–Trinajstić information content (AvgIpc) is 2.86. The Morgan fingerprint density at radius 1 is 0.914 bits per heavy atom. The van der Waals surface area contributed by atoms with Gasteiger partial charge in [0.15, 0.2) is 0 Å². The van der Waals surface area contributed by atoms with E-state index >= 15 is 0 Å². The van der Waals surface area contributed by atoms with Crippen molar-refractivity contribution < 1.29 is 34.4 Å². The van der Waals surface area contributed by atoms with Crippen LogP contribution in [0.3, 0.4) is 0 Å². The molecule has 2 atom stereocenters. The quantitative estimate of drug-likeness (QED) is 0.466. The van der Waals surface area contributed by atoms with Gasteiger partial charge in [0, 0.05) is 23.3 Å². The molecule has 3 aromatic rings. The predicted octanol–water partition coefficient (Wildman–Crippen LogP) is 4.34. The van der Waals surface area contributed by atoms with Crippen LogP contribution in [-0.2, 0) is 14.3 Å². The Morgan fingerprint density at radius 3 is 2.11 bits per heavy atom. The molecule has 1 aliphatic carbocycles. The number of hydrogen-bond donors (Lipinski definition) is 3. The van der Waals surface area contributed by atoms with E-state index in [4.69, 9.17) is 9.84 Å². The van der Waals surface area contributed by atoms with Gasteiger partial charge in [0.05, 0.1) is 5.56 Å². The monoisotopic (exact) mass is 473 g/mol. The van der Waals surface area contributed by atoms with Gasteiger partial charge in [-0.3, -0.25) is 4.98 Å². The molecule has 2 unspecified atom stereocenters. The van der Waals surface area contributed by atoms with Crippen LogP contribution in [0.2, 0.25) is 0 Å². The Morgan fingerprint density at radius 2 is 1.54 bits per heavy atom. The molecule has 1 aliphatic rings. The number of carbonyl (C=O) groups excluding carboxylic acids is 1. The minimum absolute atomic E-state index is 0.134. The molecule has 178 valence electrons. The summed E-state index contributed by atoms with van der Waals surface area (Å²) in [6.07, 6.45) is 5.43. The number of carboxylic acid groups (broad SMARTS) is 2. The zero-order valence-corrected chi connectivity index (χ0v) is 18.7. The molecule has 0 amide bonds. The normalized spacial score (nSPS) is 18.4. The number of carboxylic acids is 2. The Balaban J connectivity index is 0.000000223. The van der Waals surface area contributed by atoms with Crippen molar-refractivity contribution in [3.05, 3.63) is 108 Å². The van der Waals surface area contributed by atoms with E-state index in [1.165, 1.54) is 37.3 Å². The lowest BCUT2D eigenvalue weighted by Crippen LogP contribution is -2.49. The van der Waals surface area contributed by atoms with Gasteiger partial charge in [0.1, 0.15) is 11.4 Å². The van der Waals surface area contributed by atoms with Crippen LogP contribution in [-0.4, -0.2) is 43.8 Å². The number of benzene rings is 2. The molecule has 0 fully saturated rings. The van der Waals surface area contributed by atoms with Crippen molar-refractivity contribution in [3.63, 3.8) is 0 Å². The molecule has 0 bridgehead atoms. The number of allylic oxidation sites excluding steroid dienone is 2. The number of esters is 1. The number of ether oxygens (including phenoxy) is 1. The second-order valence-corrected chi connectivity index (χ2v) is 7.60. The van der Waals surface area contributed by atoms with Crippen molar-refractivity contribution >= 4 is 17.9 Å². The van der Waals surface area contributed by atoms with Crippen LogP contribution >= 0.6 is 0 Å². The third kappa shape index (κ3) is 5.62. The summed E-state index contributed by atoms with van der Waals surface area (Å²) in [5.41, 5.74) is -0.431. The second kappa shape index (κ2) is 10.9. The zero-order valence-electron chi connectivity index (χ0n) is 18.7. The van der Waals surface area contributed by atoms with Crippen LogP contribution in [0.5, 0.6) is 5.75 Å². The fourth-order valence-electron chi connectivity index (χ4n) is 3.50. The van der Waals surface area contributed by atoms with Gasteiger partial charge >= 0.3 is 17.9 Å². The lowest BCUT2D eigenvalue weighted by molar-refractivity contribution is -0.158. The van der Waals surface area contributed by atoms with Crippen molar-refractivity contribution in [2.45, 2.75) is 12.5 Å². The number of aliphatic carboxylic acids is 2. The standard InChI is InChI=1S/C16H14O6.C11H9NO/c1-10-12(13(17)18)8-5-9-16(10,15(20)21)22-14(19)11-6-3-2-4-7-11;13-10-7-4-8-12-11(10)9-5-2-1-3-6-9/h2-10H,1H3,(H,17,18)(H,20,21);1-8,13H. The molecule has 0 saturated heterocycles. The van der Waals surface area contributed by atoms with Gasteiger partial charge in [0.2, 0.25) is 5.60 Å². The zero-order chi connectivity index (χ0) is 25.4.